The molecule has 0 amide bonds. The molecule has 27 heavy (non-hydrogen) atoms. The zero-order chi connectivity index (χ0) is 19.3. The summed E-state index contributed by atoms with van der Waals surface area (Å²) in [6.45, 7) is 0.653. The van der Waals surface area contributed by atoms with E-state index in [1.165, 1.54) is 12.1 Å². The third kappa shape index (κ3) is 4.92. The van der Waals surface area contributed by atoms with Crippen LogP contribution in [0.1, 0.15) is 5.56 Å². The second kappa shape index (κ2) is 8.01. The summed E-state index contributed by atoms with van der Waals surface area (Å²) in [7, 11) is -2.01. The van der Waals surface area contributed by atoms with Crippen LogP contribution in [0, 0.1) is 0 Å². The van der Waals surface area contributed by atoms with Gasteiger partial charge in [0.15, 0.2) is 0 Å². The lowest BCUT2D eigenvalue weighted by atomic mass is 10.2. The Morgan fingerprint density at radius 3 is 2.04 bits per heavy atom. The van der Waals surface area contributed by atoms with E-state index in [1.807, 2.05) is 36.4 Å². The highest BCUT2D eigenvalue weighted by molar-refractivity contribution is 7.92. The van der Waals surface area contributed by atoms with E-state index in [0.717, 1.165) is 17.0 Å². The summed E-state index contributed by atoms with van der Waals surface area (Å²) in [6, 6.07) is 20.9. The monoisotopic (exact) mass is 383 g/mol. The van der Waals surface area contributed by atoms with Gasteiger partial charge in [-0.15, -0.1) is 0 Å². The molecule has 0 atom stereocenters. The Hall–Kier alpha value is -3.19. The average molecular weight is 383 g/mol. The van der Waals surface area contributed by atoms with Crippen molar-refractivity contribution in [2.75, 3.05) is 22.9 Å². The van der Waals surface area contributed by atoms with Gasteiger partial charge in [0.25, 0.3) is 10.0 Å². The van der Waals surface area contributed by atoms with Crippen molar-refractivity contribution in [3.05, 3.63) is 78.4 Å². The molecule has 3 aromatic carbocycles. The highest BCUT2D eigenvalue weighted by Crippen LogP contribution is 2.20. The van der Waals surface area contributed by atoms with Crippen LogP contribution in [0.4, 0.5) is 17.1 Å². The Labute approximate surface area is 159 Å². The number of hydrogen-bond acceptors (Lipinski definition) is 5. The van der Waals surface area contributed by atoms with Gasteiger partial charge < -0.3 is 15.8 Å². The molecular weight excluding hydrogens is 362 g/mol. The van der Waals surface area contributed by atoms with Gasteiger partial charge in [-0.2, -0.15) is 0 Å². The zero-order valence-corrected chi connectivity index (χ0v) is 15.7. The predicted octanol–water partition coefficient (Wildman–Crippen LogP) is 3.69. The molecule has 3 aromatic rings. The topological polar surface area (TPSA) is 93.5 Å². The van der Waals surface area contributed by atoms with Crippen molar-refractivity contribution in [3.63, 3.8) is 0 Å². The lowest BCUT2D eigenvalue weighted by Crippen LogP contribution is -2.12. The van der Waals surface area contributed by atoms with Crippen LogP contribution in [0.25, 0.3) is 0 Å². The number of nitrogens with two attached hydrogens (primary N) is 1. The number of sulfonamides is 1. The third-order valence-corrected chi connectivity index (χ3v) is 5.38. The first-order valence-corrected chi connectivity index (χ1v) is 9.80. The number of anilines is 3. The second-order valence-electron chi connectivity index (χ2n) is 5.95. The number of nitrogens with one attached hydrogen (secondary N) is 2. The van der Waals surface area contributed by atoms with Crippen LogP contribution in [-0.2, 0) is 16.6 Å². The normalized spacial score (nSPS) is 11.0. The van der Waals surface area contributed by atoms with E-state index in [4.69, 9.17) is 10.5 Å². The van der Waals surface area contributed by atoms with E-state index in [9.17, 15) is 8.42 Å². The Morgan fingerprint density at radius 1 is 0.852 bits per heavy atom. The smallest absolute Gasteiger partial charge is 0.261 e. The highest BCUT2D eigenvalue weighted by Gasteiger charge is 2.13. The molecule has 0 unspecified atom stereocenters. The highest BCUT2D eigenvalue weighted by atomic mass is 32.2. The van der Waals surface area contributed by atoms with Gasteiger partial charge in [0.2, 0.25) is 0 Å². The summed E-state index contributed by atoms with van der Waals surface area (Å²) < 4.78 is 32.5. The number of nitrogen functional groups attached to an aromatic ring is 1. The maximum atomic E-state index is 12.4. The fourth-order valence-electron chi connectivity index (χ4n) is 2.46. The molecule has 4 N–H and O–H groups in total. The summed E-state index contributed by atoms with van der Waals surface area (Å²) in [5.74, 6) is 0.816. The molecule has 6 nitrogen and oxygen atoms in total. The van der Waals surface area contributed by atoms with Crippen molar-refractivity contribution >= 4 is 27.1 Å². The van der Waals surface area contributed by atoms with E-state index < -0.39 is 10.0 Å². The van der Waals surface area contributed by atoms with Crippen LogP contribution < -0.4 is 20.5 Å². The Bertz CT molecular complexity index is 984. The molecule has 0 fully saturated rings. The maximum Gasteiger partial charge on any atom is 0.261 e. The Balaban J connectivity index is 1.61. The molecule has 0 heterocycles. The number of methoxy groups -OCH3 is 1. The van der Waals surface area contributed by atoms with Crippen LogP contribution in [0.15, 0.2) is 77.7 Å². The lowest BCUT2D eigenvalue weighted by Gasteiger charge is -2.10. The van der Waals surface area contributed by atoms with Crippen molar-refractivity contribution in [2.24, 2.45) is 0 Å². The number of hydrogen-bond donors (Lipinski definition) is 3. The minimum absolute atomic E-state index is 0.165. The summed E-state index contributed by atoms with van der Waals surface area (Å²) >= 11 is 0. The van der Waals surface area contributed by atoms with E-state index >= 15 is 0 Å². The molecule has 0 aromatic heterocycles. The summed E-state index contributed by atoms with van der Waals surface area (Å²) in [4.78, 5) is 0.165. The van der Waals surface area contributed by atoms with Gasteiger partial charge >= 0.3 is 0 Å². The van der Waals surface area contributed by atoms with Gasteiger partial charge in [-0.3, -0.25) is 4.72 Å². The van der Waals surface area contributed by atoms with Crippen molar-refractivity contribution in [2.45, 2.75) is 11.4 Å². The predicted molar refractivity (Wildman–Crippen MR) is 108 cm³/mol. The molecule has 140 valence electrons. The van der Waals surface area contributed by atoms with Crippen LogP contribution in [-0.4, -0.2) is 15.5 Å². The van der Waals surface area contributed by atoms with E-state index in [2.05, 4.69) is 10.0 Å². The minimum Gasteiger partial charge on any atom is -0.497 e. The van der Waals surface area contributed by atoms with Crippen molar-refractivity contribution < 1.29 is 13.2 Å². The largest absolute Gasteiger partial charge is 0.497 e. The van der Waals surface area contributed by atoms with Crippen LogP contribution in [0.2, 0.25) is 0 Å². The third-order valence-electron chi connectivity index (χ3n) is 3.98. The standard InChI is InChI=1S/C20H21N3O3S/c1-26-19-10-2-15(3-11-19)14-22-17-6-8-18(9-7-17)23-27(24,25)20-12-4-16(21)5-13-20/h2-13,22-23H,14,21H2,1H3. The first kappa shape index (κ1) is 18.6. The average Bonchev–Trinajstić information content (AvgIpc) is 2.68. The fourth-order valence-corrected chi connectivity index (χ4v) is 3.52. The van der Waals surface area contributed by atoms with Crippen molar-refractivity contribution in [1.29, 1.82) is 0 Å². The summed E-state index contributed by atoms with van der Waals surface area (Å²) in [5.41, 5.74) is 8.60. The van der Waals surface area contributed by atoms with Gasteiger partial charge in [-0.1, -0.05) is 12.1 Å². The fraction of sp³-hybridized carbons (Fsp3) is 0.100. The molecule has 0 aliphatic rings. The van der Waals surface area contributed by atoms with Gasteiger partial charge in [0.1, 0.15) is 5.75 Å². The first-order chi connectivity index (χ1) is 13.0. The zero-order valence-electron chi connectivity index (χ0n) is 14.8. The number of rotatable bonds is 7. The van der Waals surface area contributed by atoms with E-state index in [0.29, 0.717) is 17.9 Å². The molecule has 7 heteroatoms. The van der Waals surface area contributed by atoms with Crippen LogP contribution >= 0.6 is 0 Å². The SMILES string of the molecule is COc1ccc(CNc2ccc(NS(=O)(=O)c3ccc(N)cc3)cc2)cc1. The number of benzene rings is 3. The Morgan fingerprint density at radius 2 is 1.44 bits per heavy atom. The first-order valence-electron chi connectivity index (χ1n) is 8.31. The number of ether oxygens (including phenoxy) is 1. The van der Waals surface area contributed by atoms with E-state index in [1.54, 1.807) is 31.4 Å². The molecule has 0 saturated carbocycles. The molecule has 0 radical (unpaired) electrons. The Kier molecular flexibility index (Phi) is 5.52. The molecule has 0 bridgehead atoms. The molecular formula is C20H21N3O3S. The molecule has 0 aliphatic carbocycles. The van der Waals surface area contributed by atoms with Gasteiger partial charge in [-0.25, -0.2) is 8.42 Å². The van der Waals surface area contributed by atoms with Crippen molar-refractivity contribution in [3.8, 4) is 5.75 Å². The summed E-state index contributed by atoms with van der Waals surface area (Å²) in [5, 5.41) is 3.29. The quantitative estimate of drug-likeness (QED) is 0.541. The van der Waals surface area contributed by atoms with E-state index in [-0.39, 0.29) is 4.90 Å². The maximum absolute atomic E-state index is 12.4. The van der Waals surface area contributed by atoms with Crippen LogP contribution in [0.5, 0.6) is 5.75 Å². The molecule has 0 aliphatic heterocycles. The van der Waals surface area contributed by atoms with Gasteiger partial charge in [-0.05, 0) is 66.2 Å². The molecule has 0 saturated heterocycles. The molecule has 0 spiro atoms. The van der Waals surface area contributed by atoms with Gasteiger partial charge in [0, 0.05) is 23.6 Å². The van der Waals surface area contributed by atoms with Crippen LogP contribution in [0.3, 0.4) is 0 Å². The van der Waals surface area contributed by atoms with Gasteiger partial charge in [0.05, 0.1) is 12.0 Å². The second-order valence-corrected chi connectivity index (χ2v) is 7.64. The molecule has 3 rings (SSSR count). The van der Waals surface area contributed by atoms with Crippen molar-refractivity contribution in [1.82, 2.24) is 0 Å². The minimum atomic E-state index is -3.64. The summed E-state index contributed by atoms with van der Waals surface area (Å²) in [6.07, 6.45) is 0. The lowest BCUT2D eigenvalue weighted by molar-refractivity contribution is 0.414.